The molecule has 4 heteroatoms. The van der Waals surface area contributed by atoms with Gasteiger partial charge in [-0.05, 0) is 42.1 Å². The minimum Gasteiger partial charge on any atom is -0.326 e. The third kappa shape index (κ3) is 2.05. The van der Waals surface area contributed by atoms with Crippen LogP contribution in [0.1, 0.15) is 11.1 Å². The molecule has 2 N–H and O–H groups in total. The van der Waals surface area contributed by atoms with Gasteiger partial charge in [0.2, 0.25) is 5.91 Å². The molecule has 0 aromatic heterocycles. The van der Waals surface area contributed by atoms with Crippen LogP contribution in [0, 0.1) is 11.8 Å². The third-order valence-electron chi connectivity index (χ3n) is 4.67. The van der Waals surface area contributed by atoms with E-state index in [9.17, 15) is 4.79 Å². The monoisotopic (exact) mass is 257 g/mol. The van der Waals surface area contributed by atoms with Gasteiger partial charge in [-0.2, -0.15) is 0 Å². The van der Waals surface area contributed by atoms with Crippen molar-refractivity contribution in [3.8, 4) is 0 Å². The number of hydrogen-bond acceptors (Lipinski definition) is 3. The second-order valence-corrected chi connectivity index (χ2v) is 6.09. The molecule has 2 fully saturated rings. The Kier molecular flexibility index (Phi) is 2.60. The van der Waals surface area contributed by atoms with Crippen LogP contribution in [-0.2, 0) is 17.8 Å². The van der Waals surface area contributed by atoms with Crippen LogP contribution in [0.15, 0.2) is 18.2 Å². The molecular formula is C15H19N3O. The molecule has 19 heavy (non-hydrogen) atoms. The Labute approximate surface area is 113 Å². The molecular weight excluding hydrogens is 238 g/mol. The molecule has 1 aromatic rings. The molecule has 4 rings (SSSR count). The van der Waals surface area contributed by atoms with E-state index in [1.807, 2.05) is 0 Å². The van der Waals surface area contributed by atoms with Crippen molar-refractivity contribution in [1.82, 2.24) is 10.2 Å². The van der Waals surface area contributed by atoms with Gasteiger partial charge in [0.25, 0.3) is 0 Å². The van der Waals surface area contributed by atoms with E-state index in [1.54, 1.807) is 0 Å². The summed E-state index contributed by atoms with van der Waals surface area (Å²) in [4.78, 5) is 13.9. The predicted octanol–water partition coefficient (Wildman–Crippen LogP) is 0.832. The standard InChI is InChI=1S/C15H19N3O/c19-15-4-11-2-1-10(3-14(11)17-15)7-18-8-12-5-16-6-13(12)9-18/h1-3,12-13,16H,4-9H2,(H,17,19)/t12-,13-/m1/s1. The molecule has 0 spiro atoms. The van der Waals surface area contributed by atoms with Crippen LogP contribution in [-0.4, -0.2) is 37.0 Å². The zero-order chi connectivity index (χ0) is 12.8. The number of anilines is 1. The molecule has 3 aliphatic rings. The summed E-state index contributed by atoms with van der Waals surface area (Å²) in [7, 11) is 0. The van der Waals surface area contributed by atoms with E-state index >= 15 is 0 Å². The number of likely N-dealkylation sites (tertiary alicyclic amines) is 1. The first kappa shape index (κ1) is 11.4. The summed E-state index contributed by atoms with van der Waals surface area (Å²) in [6.45, 7) is 5.79. The minimum atomic E-state index is 0.119. The number of amides is 1. The molecule has 3 aliphatic heterocycles. The van der Waals surface area contributed by atoms with E-state index in [2.05, 4.69) is 33.7 Å². The largest absolute Gasteiger partial charge is 0.326 e. The fourth-order valence-corrected chi connectivity index (χ4v) is 3.70. The van der Waals surface area contributed by atoms with Crippen molar-refractivity contribution in [3.05, 3.63) is 29.3 Å². The second kappa shape index (κ2) is 4.32. The Balaban J connectivity index is 1.46. The lowest BCUT2D eigenvalue weighted by atomic mass is 10.0. The first-order valence-corrected chi connectivity index (χ1v) is 7.12. The highest BCUT2D eigenvalue weighted by Crippen LogP contribution is 2.29. The van der Waals surface area contributed by atoms with E-state index in [0.29, 0.717) is 6.42 Å². The topological polar surface area (TPSA) is 44.4 Å². The van der Waals surface area contributed by atoms with Gasteiger partial charge in [0.15, 0.2) is 0 Å². The zero-order valence-corrected chi connectivity index (χ0v) is 11.0. The summed E-state index contributed by atoms with van der Waals surface area (Å²) in [5, 5.41) is 6.41. The number of fused-ring (bicyclic) bond motifs is 2. The van der Waals surface area contributed by atoms with Gasteiger partial charge < -0.3 is 10.6 Å². The Morgan fingerprint density at radius 1 is 1.21 bits per heavy atom. The van der Waals surface area contributed by atoms with E-state index in [-0.39, 0.29) is 5.91 Å². The molecule has 1 amide bonds. The Bertz CT molecular complexity index is 516. The highest BCUT2D eigenvalue weighted by molar-refractivity contribution is 5.99. The molecule has 4 nitrogen and oxygen atoms in total. The summed E-state index contributed by atoms with van der Waals surface area (Å²) < 4.78 is 0. The average molecular weight is 257 g/mol. The molecule has 3 heterocycles. The van der Waals surface area contributed by atoms with Gasteiger partial charge in [0.1, 0.15) is 0 Å². The summed E-state index contributed by atoms with van der Waals surface area (Å²) in [5.74, 6) is 1.80. The van der Waals surface area contributed by atoms with Gasteiger partial charge in [0.05, 0.1) is 6.42 Å². The lowest BCUT2D eigenvalue weighted by molar-refractivity contribution is -0.115. The fraction of sp³-hybridized carbons (Fsp3) is 0.533. The van der Waals surface area contributed by atoms with Gasteiger partial charge in [-0.3, -0.25) is 9.69 Å². The number of nitrogens with one attached hydrogen (secondary N) is 2. The number of nitrogens with zero attached hydrogens (tertiary/aromatic N) is 1. The fourth-order valence-electron chi connectivity index (χ4n) is 3.70. The van der Waals surface area contributed by atoms with Gasteiger partial charge >= 0.3 is 0 Å². The normalized spacial score (nSPS) is 29.4. The molecule has 1 aromatic carbocycles. The van der Waals surface area contributed by atoms with E-state index in [0.717, 1.165) is 29.6 Å². The van der Waals surface area contributed by atoms with Crippen molar-refractivity contribution in [2.45, 2.75) is 13.0 Å². The Morgan fingerprint density at radius 3 is 2.79 bits per heavy atom. The van der Waals surface area contributed by atoms with Crippen molar-refractivity contribution in [2.75, 3.05) is 31.5 Å². The summed E-state index contributed by atoms with van der Waals surface area (Å²) >= 11 is 0. The zero-order valence-electron chi connectivity index (χ0n) is 11.0. The lowest BCUT2D eigenvalue weighted by Crippen LogP contribution is -2.25. The molecule has 2 atom stereocenters. The smallest absolute Gasteiger partial charge is 0.228 e. The predicted molar refractivity (Wildman–Crippen MR) is 73.9 cm³/mol. The van der Waals surface area contributed by atoms with E-state index in [1.165, 1.54) is 31.7 Å². The lowest BCUT2D eigenvalue weighted by Gasteiger charge is -2.17. The van der Waals surface area contributed by atoms with Crippen LogP contribution in [0.3, 0.4) is 0 Å². The van der Waals surface area contributed by atoms with Gasteiger partial charge in [-0.1, -0.05) is 12.1 Å². The molecule has 100 valence electrons. The average Bonchev–Trinajstić information content (AvgIpc) is 3.01. The quantitative estimate of drug-likeness (QED) is 0.825. The van der Waals surface area contributed by atoms with Crippen LogP contribution in [0.2, 0.25) is 0 Å². The van der Waals surface area contributed by atoms with Gasteiger partial charge in [0, 0.05) is 25.3 Å². The SMILES string of the molecule is O=C1Cc2ccc(CN3C[C@H]4CNC[C@@H]4C3)cc2N1. The molecule has 2 saturated heterocycles. The van der Waals surface area contributed by atoms with Crippen LogP contribution in [0.5, 0.6) is 0 Å². The number of carbonyl (C=O) groups excluding carboxylic acids is 1. The van der Waals surface area contributed by atoms with Gasteiger partial charge in [-0.25, -0.2) is 0 Å². The summed E-state index contributed by atoms with van der Waals surface area (Å²) in [6.07, 6.45) is 0.537. The number of carbonyl (C=O) groups is 1. The van der Waals surface area contributed by atoms with Crippen molar-refractivity contribution in [2.24, 2.45) is 11.8 Å². The first-order chi connectivity index (χ1) is 9.28. The number of rotatable bonds is 2. The van der Waals surface area contributed by atoms with Crippen LogP contribution in [0.25, 0.3) is 0 Å². The molecule has 0 bridgehead atoms. The molecule has 0 saturated carbocycles. The van der Waals surface area contributed by atoms with E-state index in [4.69, 9.17) is 0 Å². The maximum atomic E-state index is 11.4. The minimum absolute atomic E-state index is 0.119. The van der Waals surface area contributed by atoms with Crippen LogP contribution in [0.4, 0.5) is 5.69 Å². The molecule has 0 radical (unpaired) electrons. The van der Waals surface area contributed by atoms with E-state index < -0.39 is 0 Å². The van der Waals surface area contributed by atoms with Crippen molar-refractivity contribution in [3.63, 3.8) is 0 Å². The Morgan fingerprint density at radius 2 is 2.00 bits per heavy atom. The van der Waals surface area contributed by atoms with Crippen LogP contribution >= 0.6 is 0 Å². The third-order valence-corrected chi connectivity index (χ3v) is 4.67. The molecule has 0 aliphatic carbocycles. The summed E-state index contributed by atoms with van der Waals surface area (Å²) in [5.41, 5.74) is 3.47. The maximum absolute atomic E-state index is 11.4. The number of benzene rings is 1. The first-order valence-electron chi connectivity index (χ1n) is 7.12. The molecule has 0 unspecified atom stereocenters. The van der Waals surface area contributed by atoms with Gasteiger partial charge in [-0.15, -0.1) is 0 Å². The van der Waals surface area contributed by atoms with Crippen molar-refractivity contribution >= 4 is 11.6 Å². The summed E-state index contributed by atoms with van der Waals surface area (Å²) in [6, 6.07) is 6.42. The van der Waals surface area contributed by atoms with Crippen molar-refractivity contribution < 1.29 is 4.79 Å². The maximum Gasteiger partial charge on any atom is 0.228 e. The highest BCUT2D eigenvalue weighted by atomic mass is 16.1. The van der Waals surface area contributed by atoms with Crippen LogP contribution < -0.4 is 10.6 Å². The second-order valence-electron chi connectivity index (χ2n) is 6.09. The Hall–Kier alpha value is -1.39. The number of hydrogen-bond donors (Lipinski definition) is 2. The highest BCUT2D eigenvalue weighted by Gasteiger charge is 2.35. The van der Waals surface area contributed by atoms with Crippen molar-refractivity contribution in [1.29, 1.82) is 0 Å².